The number of fused-ring (bicyclic) bond motifs is 2. The highest BCUT2D eigenvalue weighted by Gasteiger charge is 2.29. The summed E-state index contributed by atoms with van der Waals surface area (Å²) in [7, 11) is -3.49. The minimum Gasteiger partial charge on any atom is -0.306 e. The van der Waals surface area contributed by atoms with Crippen LogP contribution in [0.1, 0.15) is 37.3 Å². The van der Waals surface area contributed by atoms with Crippen LogP contribution in [0.3, 0.4) is 0 Å². The van der Waals surface area contributed by atoms with Crippen LogP contribution in [0.2, 0.25) is 4.34 Å². The van der Waals surface area contributed by atoms with Crippen molar-refractivity contribution < 1.29 is 8.42 Å². The molecule has 33 heavy (non-hydrogen) atoms. The summed E-state index contributed by atoms with van der Waals surface area (Å²) in [6.07, 6.45) is 7.05. The standard InChI is InChI=1S/C22H25ClN4O3S2.ClH/c23-20-15-16-7-14-26(32(29,30)21(16)31-20)11-4-3-10-25-12-8-17(9-13-25)27-19-6-2-1-5-18(19)24-22(27)28;/h1-2,5-7,14-15,17H,3-4,8-13H2,(H,24,28);1H. The molecule has 0 spiro atoms. The van der Waals surface area contributed by atoms with Gasteiger partial charge in [0.15, 0.2) is 0 Å². The van der Waals surface area contributed by atoms with E-state index in [-0.39, 0.29) is 24.1 Å². The van der Waals surface area contributed by atoms with Gasteiger partial charge in [-0.2, -0.15) is 0 Å². The topological polar surface area (TPSA) is 78.4 Å². The number of rotatable bonds is 6. The van der Waals surface area contributed by atoms with Gasteiger partial charge in [0, 0.05) is 37.4 Å². The molecule has 1 N–H and O–H groups in total. The van der Waals surface area contributed by atoms with Crippen molar-refractivity contribution in [3.63, 3.8) is 0 Å². The molecule has 1 aromatic carbocycles. The van der Waals surface area contributed by atoms with Gasteiger partial charge >= 0.3 is 5.69 Å². The number of para-hydroxylation sites is 2. The average Bonchev–Trinajstić information content (AvgIpc) is 3.32. The van der Waals surface area contributed by atoms with Crippen LogP contribution < -0.4 is 5.69 Å². The lowest BCUT2D eigenvalue weighted by molar-refractivity contribution is 0.183. The van der Waals surface area contributed by atoms with Gasteiger partial charge in [0.25, 0.3) is 10.0 Å². The third kappa shape index (κ3) is 4.74. The molecule has 0 aliphatic carbocycles. The van der Waals surface area contributed by atoms with Gasteiger partial charge < -0.3 is 9.88 Å². The molecule has 2 aromatic heterocycles. The minimum absolute atomic E-state index is 0. The van der Waals surface area contributed by atoms with E-state index in [0.717, 1.165) is 67.7 Å². The number of hydrogen-bond donors (Lipinski definition) is 1. The second-order valence-corrected chi connectivity index (χ2v) is 12.1. The Bertz CT molecular complexity index is 1320. The van der Waals surface area contributed by atoms with Crippen molar-refractivity contribution in [1.29, 1.82) is 0 Å². The molecule has 7 nitrogen and oxygen atoms in total. The van der Waals surface area contributed by atoms with Gasteiger partial charge in [0.05, 0.1) is 15.4 Å². The van der Waals surface area contributed by atoms with Crippen LogP contribution in [0.4, 0.5) is 0 Å². The Morgan fingerprint density at radius 3 is 2.64 bits per heavy atom. The number of benzene rings is 1. The highest BCUT2D eigenvalue weighted by molar-refractivity contribution is 7.91. The zero-order chi connectivity index (χ0) is 22.3. The first-order chi connectivity index (χ1) is 15.4. The van der Waals surface area contributed by atoms with Crippen molar-refractivity contribution >= 4 is 62.5 Å². The lowest BCUT2D eigenvalue weighted by Gasteiger charge is -2.32. The fourth-order valence-corrected chi connectivity index (χ4v) is 7.96. The summed E-state index contributed by atoms with van der Waals surface area (Å²) in [6.45, 7) is 3.28. The van der Waals surface area contributed by atoms with E-state index in [0.29, 0.717) is 20.7 Å². The number of likely N-dealkylation sites (tertiary alicyclic amines) is 1. The number of nitrogens with zero attached hydrogens (tertiary/aromatic N) is 3. The summed E-state index contributed by atoms with van der Waals surface area (Å²) in [4.78, 5) is 17.8. The molecule has 178 valence electrons. The molecule has 2 aliphatic heterocycles. The molecule has 1 fully saturated rings. The van der Waals surface area contributed by atoms with E-state index in [1.54, 1.807) is 12.3 Å². The predicted molar refractivity (Wildman–Crippen MR) is 136 cm³/mol. The Balaban J connectivity index is 0.00000259. The molecule has 0 atom stereocenters. The number of H-pyrrole nitrogens is 1. The molecule has 2 aliphatic rings. The van der Waals surface area contributed by atoms with Crippen molar-refractivity contribution in [3.05, 3.63) is 56.9 Å². The van der Waals surface area contributed by atoms with E-state index in [9.17, 15) is 13.2 Å². The van der Waals surface area contributed by atoms with E-state index in [4.69, 9.17) is 11.6 Å². The first kappa shape index (κ1) is 24.3. The van der Waals surface area contributed by atoms with Gasteiger partial charge in [-0.1, -0.05) is 23.7 Å². The van der Waals surface area contributed by atoms with Crippen molar-refractivity contribution in [1.82, 2.24) is 18.8 Å². The van der Waals surface area contributed by atoms with E-state index >= 15 is 0 Å². The van der Waals surface area contributed by atoms with Crippen LogP contribution >= 0.6 is 35.3 Å². The van der Waals surface area contributed by atoms with Crippen LogP contribution in [0.15, 0.2) is 45.5 Å². The van der Waals surface area contributed by atoms with Crippen molar-refractivity contribution in [2.75, 3.05) is 26.2 Å². The molecule has 0 amide bonds. The summed E-state index contributed by atoms with van der Waals surface area (Å²) in [5, 5.41) is 0. The SMILES string of the molecule is Cl.O=c1[nH]c2ccccc2n1C1CCN(CCCCN2C=Cc3cc(Cl)sc3S2(=O)=O)CC1. The third-order valence-corrected chi connectivity index (χ3v) is 9.89. The molecule has 0 saturated carbocycles. The molecular formula is C22H26Cl2N4O3S2. The van der Waals surface area contributed by atoms with Gasteiger partial charge in [0.1, 0.15) is 4.21 Å². The number of halogens is 2. The number of sulfonamides is 1. The first-order valence-corrected chi connectivity index (χ1v) is 13.5. The summed E-state index contributed by atoms with van der Waals surface area (Å²) in [5.74, 6) is 0. The number of imidazole rings is 1. The fourth-order valence-electron chi connectivity index (χ4n) is 4.66. The fraction of sp³-hybridized carbons (Fsp3) is 0.409. The maximum Gasteiger partial charge on any atom is 0.326 e. The third-order valence-electron chi connectivity index (χ3n) is 6.31. The summed E-state index contributed by atoms with van der Waals surface area (Å²) in [6, 6.07) is 9.74. The molecule has 5 rings (SSSR count). The number of hydrogen-bond acceptors (Lipinski definition) is 5. The number of aromatic amines is 1. The van der Waals surface area contributed by atoms with Gasteiger partial charge in [0.2, 0.25) is 0 Å². The Hall–Kier alpha value is -1.78. The number of aromatic nitrogens is 2. The molecule has 0 radical (unpaired) electrons. The second-order valence-electron chi connectivity index (χ2n) is 8.32. The van der Waals surface area contributed by atoms with Crippen LogP contribution in [0.5, 0.6) is 0 Å². The van der Waals surface area contributed by atoms with Crippen molar-refractivity contribution in [2.45, 2.75) is 35.9 Å². The maximum absolute atomic E-state index is 12.8. The average molecular weight is 530 g/mol. The van der Waals surface area contributed by atoms with Gasteiger partial charge in [-0.15, -0.1) is 23.7 Å². The summed E-state index contributed by atoms with van der Waals surface area (Å²) >= 11 is 7.11. The summed E-state index contributed by atoms with van der Waals surface area (Å²) < 4.78 is 29.7. The number of unbranched alkanes of at least 4 members (excludes halogenated alkanes) is 1. The lowest BCUT2D eigenvalue weighted by atomic mass is 10.0. The minimum atomic E-state index is -3.49. The van der Waals surface area contributed by atoms with Crippen LogP contribution in [0.25, 0.3) is 17.1 Å². The highest BCUT2D eigenvalue weighted by Crippen LogP contribution is 2.36. The van der Waals surface area contributed by atoms with Gasteiger partial charge in [-0.25, -0.2) is 13.2 Å². The number of nitrogens with one attached hydrogen (secondary N) is 1. The molecule has 1 saturated heterocycles. The van der Waals surface area contributed by atoms with Crippen LogP contribution in [-0.2, 0) is 10.0 Å². The maximum atomic E-state index is 12.8. The van der Waals surface area contributed by atoms with Gasteiger partial charge in [-0.3, -0.25) is 8.87 Å². The predicted octanol–water partition coefficient (Wildman–Crippen LogP) is 4.56. The van der Waals surface area contributed by atoms with Gasteiger partial charge in [-0.05, 0) is 56.5 Å². The van der Waals surface area contributed by atoms with E-state index in [2.05, 4.69) is 9.88 Å². The molecule has 11 heteroatoms. The smallest absolute Gasteiger partial charge is 0.306 e. The first-order valence-electron chi connectivity index (χ1n) is 10.8. The Morgan fingerprint density at radius 1 is 1.12 bits per heavy atom. The van der Waals surface area contributed by atoms with Crippen LogP contribution in [0, 0.1) is 0 Å². The van der Waals surface area contributed by atoms with Crippen LogP contribution in [-0.4, -0.2) is 53.4 Å². The normalized spacial score (nSPS) is 18.4. The van der Waals surface area contributed by atoms with E-state index in [1.807, 2.05) is 34.9 Å². The molecule has 4 heterocycles. The molecule has 0 unspecified atom stereocenters. The Morgan fingerprint density at radius 2 is 1.85 bits per heavy atom. The molecule has 0 bridgehead atoms. The quantitative estimate of drug-likeness (QED) is 0.475. The number of thiophene rings is 1. The molecular weight excluding hydrogens is 503 g/mol. The zero-order valence-electron chi connectivity index (χ0n) is 17.9. The second kappa shape index (κ2) is 9.84. The Kier molecular flexibility index (Phi) is 7.26. The van der Waals surface area contributed by atoms with E-state index in [1.165, 1.54) is 4.31 Å². The van der Waals surface area contributed by atoms with Crippen molar-refractivity contribution in [3.8, 4) is 0 Å². The number of piperidine rings is 1. The lowest BCUT2D eigenvalue weighted by Crippen LogP contribution is -2.37. The summed E-state index contributed by atoms with van der Waals surface area (Å²) in [5.41, 5.74) is 2.50. The van der Waals surface area contributed by atoms with E-state index < -0.39 is 10.0 Å². The van der Waals surface area contributed by atoms with Crippen molar-refractivity contribution in [2.24, 2.45) is 0 Å². The highest BCUT2D eigenvalue weighted by atomic mass is 35.5. The zero-order valence-corrected chi connectivity index (χ0v) is 21.2. The monoisotopic (exact) mass is 528 g/mol. The Labute approximate surface area is 208 Å². The largest absolute Gasteiger partial charge is 0.326 e. The molecule has 3 aromatic rings.